The molecule has 0 aliphatic carbocycles. The first-order valence-corrected chi connectivity index (χ1v) is 13.1. The summed E-state index contributed by atoms with van der Waals surface area (Å²) in [5.41, 5.74) is 1.97. The van der Waals surface area contributed by atoms with Gasteiger partial charge < -0.3 is 20.2 Å². The molecule has 2 heterocycles. The number of carbonyl (C=O) groups excluding carboxylic acids is 1. The van der Waals surface area contributed by atoms with E-state index in [1.807, 2.05) is 0 Å². The predicted octanol–water partition coefficient (Wildman–Crippen LogP) is 4.27. The molecule has 212 valence electrons. The van der Waals surface area contributed by atoms with Crippen LogP contribution in [-0.2, 0) is 4.79 Å². The van der Waals surface area contributed by atoms with Gasteiger partial charge in [-0.05, 0) is 55.1 Å². The molecule has 2 N–H and O–H groups in total. The van der Waals surface area contributed by atoms with Gasteiger partial charge in [-0.3, -0.25) is 19.8 Å². The molecule has 1 aliphatic rings. The first kappa shape index (κ1) is 27.7. The fraction of sp³-hybridized carbons (Fsp3) is 0.241. The lowest BCUT2D eigenvalue weighted by Gasteiger charge is -2.32. The zero-order chi connectivity index (χ0) is 28.9. The lowest BCUT2D eigenvalue weighted by molar-refractivity contribution is -0.385. The standard InChI is InChI=1S/C29H29FN6O5/c1-33-12-14-34(15-13-33)16-17-41-27-18-24-25(19-26(27)36(39)40)35(38)29(32-24)21-5-9-23(10-6-21)31-28(37)11-4-20-2-7-22(30)8-3-20/h2-11,18-19,38H,12-17H2,1H3,(H,31,37). The lowest BCUT2D eigenvalue weighted by Crippen LogP contribution is -2.45. The maximum absolute atomic E-state index is 13.0. The van der Waals surface area contributed by atoms with Gasteiger partial charge in [0.1, 0.15) is 17.9 Å². The van der Waals surface area contributed by atoms with Gasteiger partial charge in [0.2, 0.25) is 5.91 Å². The number of amides is 1. The summed E-state index contributed by atoms with van der Waals surface area (Å²) in [5, 5.41) is 25.3. The van der Waals surface area contributed by atoms with Gasteiger partial charge in [-0.25, -0.2) is 9.37 Å². The Morgan fingerprint density at radius 3 is 2.51 bits per heavy atom. The summed E-state index contributed by atoms with van der Waals surface area (Å²) in [4.78, 5) is 32.5. The highest BCUT2D eigenvalue weighted by Gasteiger charge is 2.22. The first-order chi connectivity index (χ1) is 19.8. The quantitative estimate of drug-likeness (QED) is 0.135. The van der Waals surface area contributed by atoms with Gasteiger partial charge in [0.05, 0.1) is 10.4 Å². The van der Waals surface area contributed by atoms with E-state index >= 15 is 0 Å². The van der Waals surface area contributed by atoms with Crippen LogP contribution >= 0.6 is 0 Å². The Morgan fingerprint density at radius 1 is 1.12 bits per heavy atom. The number of likely N-dealkylation sites (N-methyl/N-ethyl adjacent to an activating group) is 1. The third kappa shape index (κ3) is 6.68. The summed E-state index contributed by atoms with van der Waals surface area (Å²) < 4.78 is 19.6. The second kappa shape index (κ2) is 12.1. The Kier molecular flexibility index (Phi) is 8.22. The molecule has 1 saturated heterocycles. The lowest BCUT2D eigenvalue weighted by atomic mass is 10.2. The number of hydrogen-bond acceptors (Lipinski definition) is 8. The number of hydrogen-bond donors (Lipinski definition) is 2. The highest BCUT2D eigenvalue weighted by molar-refractivity contribution is 6.02. The van der Waals surface area contributed by atoms with Crippen molar-refractivity contribution >= 4 is 34.4 Å². The minimum absolute atomic E-state index is 0.0908. The van der Waals surface area contributed by atoms with Crippen molar-refractivity contribution in [2.24, 2.45) is 0 Å². The number of halogens is 1. The van der Waals surface area contributed by atoms with E-state index in [-0.39, 0.29) is 41.1 Å². The van der Waals surface area contributed by atoms with Crippen molar-refractivity contribution in [1.82, 2.24) is 19.5 Å². The van der Waals surface area contributed by atoms with E-state index in [1.54, 1.807) is 42.5 Å². The number of nitro benzene ring substituents is 1. The van der Waals surface area contributed by atoms with Gasteiger partial charge >= 0.3 is 5.69 Å². The summed E-state index contributed by atoms with van der Waals surface area (Å²) in [7, 11) is 2.07. The van der Waals surface area contributed by atoms with Crippen LogP contribution in [0.3, 0.4) is 0 Å². The number of aromatic nitrogens is 2. The number of imidazole rings is 1. The van der Waals surface area contributed by atoms with Crippen molar-refractivity contribution in [1.29, 1.82) is 0 Å². The summed E-state index contributed by atoms with van der Waals surface area (Å²) in [5.74, 6) is -0.457. The van der Waals surface area contributed by atoms with E-state index in [0.29, 0.717) is 28.9 Å². The van der Waals surface area contributed by atoms with Gasteiger partial charge in [0.25, 0.3) is 0 Å². The van der Waals surface area contributed by atoms with Crippen molar-refractivity contribution < 1.29 is 24.1 Å². The Balaban J connectivity index is 1.28. The summed E-state index contributed by atoms with van der Waals surface area (Å²) >= 11 is 0. The third-order valence-corrected chi connectivity index (χ3v) is 6.88. The molecule has 0 unspecified atom stereocenters. The number of piperazine rings is 1. The Labute approximate surface area is 235 Å². The fourth-order valence-electron chi connectivity index (χ4n) is 4.52. The summed E-state index contributed by atoms with van der Waals surface area (Å²) in [6, 6.07) is 15.1. The number of carbonyl (C=O) groups is 1. The molecule has 11 nitrogen and oxygen atoms in total. The number of benzene rings is 3. The molecule has 0 spiro atoms. The summed E-state index contributed by atoms with van der Waals surface area (Å²) in [6.45, 7) is 4.68. The monoisotopic (exact) mass is 560 g/mol. The molecule has 1 aromatic heterocycles. The molecule has 3 aromatic carbocycles. The molecular weight excluding hydrogens is 531 g/mol. The van der Waals surface area contributed by atoms with E-state index in [1.165, 1.54) is 30.3 Å². The Hall–Kier alpha value is -4.81. The molecule has 1 fully saturated rings. The number of anilines is 1. The van der Waals surface area contributed by atoms with E-state index in [9.17, 15) is 24.5 Å². The smallest absolute Gasteiger partial charge is 0.313 e. The van der Waals surface area contributed by atoms with Gasteiger partial charge in [-0.2, -0.15) is 4.73 Å². The normalized spacial score (nSPS) is 14.5. The maximum atomic E-state index is 13.0. The minimum Gasteiger partial charge on any atom is -0.485 e. The van der Waals surface area contributed by atoms with Crippen LogP contribution in [0.4, 0.5) is 15.8 Å². The van der Waals surface area contributed by atoms with E-state index in [4.69, 9.17) is 4.74 Å². The number of rotatable bonds is 9. The fourth-order valence-corrected chi connectivity index (χ4v) is 4.52. The number of fused-ring (bicyclic) bond motifs is 1. The number of nitrogens with one attached hydrogen (secondary N) is 1. The van der Waals surface area contributed by atoms with Crippen LogP contribution in [-0.4, -0.2) is 81.9 Å². The average Bonchev–Trinajstić information content (AvgIpc) is 3.28. The van der Waals surface area contributed by atoms with Crippen LogP contribution in [0.5, 0.6) is 5.75 Å². The second-order valence-electron chi connectivity index (χ2n) is 9.76. The number of ether oxygens (including phenoxy) is 1. The second-order valence-corrected chi connectivity index (χ2v) is 9.76. The largest absolute Gasteiger partial charge is 0.485 e. The van der Waals surface area contributed by atoms with Crippen LogP contribution in [0, 0.1) is 15.9 Å². The topological polar surface area (TPSA) is 126 Å². The molecule has 1 aliphatic heterocycles. The molecule has 1 amide bonds. The predicted molar refractivity (Wildman–Crippen MR) is 153 cm³/mol. The molecule has 12 heteroatoms. The molecule has 0 bridgehead atoms. The highest BCUT2D eigenvalue weighted by Crippen LogP contribution is 2.34. The van der Waals surface area contributed by atoms with Crippen molar-refractivity contribution in [3.8, 4) is 17.1 Å². The van der Waals surface area contributed by atoms with Crippen molar-refractivity contribution in [2.75, 3.05) is 51.7 Å². The van der Waals surface area contributed by atoms with Crippen LogP contribution in [0.1, 0.15) is 5.56 Å². The van der Waals surface area contributed by atoms with Crippen LogP contribution in [0.25, 0.3) is 28.5 Å². The van der Waals surface area contributed by atoms with Gasteiger partial charge in [0, 0.05) is 62.2 Å². The van der Waals surface area contributed by atoms with Gasteiger partial charge in [0.15, 0.2) is 11.6 Å². The maximum Gasteiger partial charge on any atom is 0.313 e. The van der Waals surface area contributed by atoms with Crippen molar-refractivity contribution in [2.45, 2.75) is 0 Å². The highest BCUT2D eigenvalue weighted by atomic mass is 19.1. The molecule has 0 saturated carbocycles. The van der Waals surface area contributed by atoms with Crippen LogP contribution in [0.2, 0.25) is 0 Å². The van der Waals surface area contributed by atoms with E-state index in [2.05, 4.69) is 27.1 Å². The van der Waals surface area contributed by atoms with Crippen molar-refractivity contribution in [3.63, 3.8) is 0 Å². The van der Waals surface area contributed by atoms with Gasteiger partial charge in [-0.15, -0.1) is 0 Å². The third-order valence-electron chi connectivity index (χ3n) is 6.88. The molecular formula is C29H29FN6O5. The van der Waals surface area contributed by atoms with Crippen LogP contribution < -0.4 is 10.1 Å². The minimum atomic E-state index is -0.542. The number of nitrogens with zero attached hydrogens (tertiary/aromatic N) is 5. The zero-order valence-corrected chi connectivity index (χ0v) is 22.4. The molecule has 0 radical (unpaired) electrons. The molecule has 41 heavy (non-hydrogen) atoms. The summed E-state index contributed by atoms with van der Waals surface area (Å²) in [6.07, 6.45) is 2.91. The molecule has 5 rings (SSSR count). The number of nitro groups is 1. The van der Waals surface area contributed by atoms with E-state index < -0.39 is 4.92 Å². The first-order valence-electron chi connectivity index (χ1n) is 13.1. The van der Waals surface area contributed by atoms with Gasteiger partial charge in [-0.1, -0.05) is 12.1 Å². The van der Waals surface area contributed by atoms with Crippen molar-refractivity contribution in [3.05, 3.63) is 88.2 Å². The Bertz CT molecular complexity index is 1580. The Morgan fingerprint density at radius 2 is 1.83 bits per heavy atom. The SMILES string of the molecule is CN1CCN(CCOc2cc3nc(-c4ccc(NC(=O)C=Cc5ccc(F)cc5)cc4)n(O)c3cc2[N+](=O)[O-])CC1. The molecule has 4 aromatic rings. The van der Waals surface area contributed by atoms with Crippen LogP contribution in [0.15, 0.2) is 66.7 Å². The zero-order valence-electron chi connectivity index (χ0n) is 22.4. The molecule has 0 atom stereocenters. The van der Waals surface area contributed by atoms with E-state index in [0.717, 1.165) is 30.9 Å². The average molecular weight is 561 g/mol.